The van der Waals surface area contributed by atoms with E-state index in [0.717, 1.165) is 0 Å². The number of rotatable bonds is 12. The molecule has 0 spiro atoms. The third-order valence-corrected chi connectivity index (χ3v) is 3.94. The molecule has 0 saturated carbocycles. The van der Waals surface area contributed by atoms with E-state index in [0.29, 0.717) is 0 Å². The topological polar surface area (TPSA) is 31.5 Å². The monoisotopic (exact) mass is 340 g/mol. The fourth-order valence-corrected chi connectivity index (χ4v) is 2.64. The Morgan fingerprint density at radius 3 is 0.895 bits per heavy atom. The fraction of sp³-hybridized carbons (Fsp3) is 1.00. The summed E-state index contributed by atoms with van der Waals surface area (Å²) < 4.78 is 1.42. The van der Waals surface area contributed by atoms with Crippen LogP contribution in [0, 0.1) is 0 Å². The lowest BCUT2D eigenvalue weighted by Gasteiger charge is -2.39. The molecular formula is C16H39BrNO+. The molecule has 0 atom stereocenters. The van der Waals surface area contributed by atoms with Gasteiger partial charge in [-0.2, -0.15) is 0 Å². The molecular weight excluding hydrogens is 302 g/mol. The van der Waals surface area contributed by atoms with E-state index in [1.54, 1.807) is 0 Å². The highest BCUT2D eigenvalue weighted by molar-refractivity contribution is 8.93. The summed E-state index contributed by atoms with van der Waals surface area (Å²) in [4.78, 5) is 0. The maximum Gasteiger partial charge on any atom is 0.0786 e. The van der Waals surface area contributed by atoms with Gasteiger partial charge >= 0.3 is 0 Å². The van der Waals surface area contributed by atoms with Gasteiger partial charge in [0, 0.05) is 0 Å². The summed E-state index contributed by atoms with van der Waals surface area (Å²) in [5.74, 6) is 0. The molecule has 0 aliphatic rings. The number of hydrogen-bond acceptors (Lipinski definition) is 0. The SMILES string of the molecule is Br.CCCC[N+](CCCC)(CCCC)CCCC.O. The van der Waals surface area contributed by atoms with Crippen molar-refractivity contribution in [1.82, 2.24) is 0 Å². The molecule has 0 fully saturated rings. The molecule has 0 aliphatic heterocycles. The van der Waals surface area contributed by atoms with Gasteiger partial charge in [-0.05, 0) is 25.7 Å². The van der Waals surface area contributed by atoms with Gasteiger partial charge in [0.15, 0.2) is 0 Å². The van der Waals surface area contributed by atoms with Crippen molar-refractivity contribution in [2.45, 2.75) is 79.1 Å². The van der Waals surface area contributed by atoms with E-state index in [1.807, 2.05) is 0 Å². The first-order valence-electron chi connectivity index (χ1n) is 8.09. The molecule has 120 valence electrons. The highest BCUT2D eigenvalue weighted by Gasteiger charge is 2.24. The van der Waals surface area contributed by atoms with Crippen molar-refractivity contribution in [1.29, 1.82) is 0 Å². The number of nitrogens with zero attached hydrogens (tertiary/aromatic N) is 1. The average molecular weight is 341 g/mol. The van der Waals surface area contributed by atoms with E-state index in [1.165, 1.54) is 82.0 Å². The van der Waals surface area contributed by atoms with Crippen LogP contribution in [0.2, 0.25) is 0 Å². The minimum Gasteiger partial charge on any atom is -0.412 e. The van der Waals surface area contributed by atoms with Crippen molar-refractivity contribution in [3.05, 3.63) is 0 Å². The molecule has 0 heterocycles. The van der Waals surface area contributed by atoms with Crippen molar-refractivity contribution >= 4 is 17.0 Å². The van der Waals surface area contributed by atoms with Crippen LogP contribution in [0.15, 0.2) is 0 Å². The predicted molar refractivity (Wildman–Crippen MR) is 93.3 cm³/mol. The van der Waals surface area contributed by atoms with Gasteiger partial charge in [-0.25, -0.2) is 0 Å². The van der Waals surface area contributed by atoms with E-state index < -0.39 is 0 Å². The summed E-state index contributed by atoms with van der Waals surface area (Å²) in [6.07, 6.45) is 11.1. The van der Waals surface area contributed by atoms with E-state index in [2.05, 4.69) is 27.7 Å². The summed E-state index contributed by atoms with van der Waals surface area (Å²) in [7, 11) is 0. The fourth-order valence-electron chi connectivity index (χ4n) is 2.64. The van der Waals surface area contributed by atoms with Gasteiger partial charge in [0.1, 0.15) is 0 Å². The smallest absolute Gasteiger partial charge is 0.0786 e. The van der Waals surface area contributed by atoms with E-state index in [9.17, 15) is 0 Å². The Bertz CT molecular complexity index is 127. The van der Waals surface area contributed by atoms with Crippen molar-refractivity contribution in [2.75, 3.05) is 26.2 Å². The Balaban J connectivity index is -0.00000128. The number of hydrogen-bond donors (Lipinski definition) is 0. The van der Waals surface area contributed by atoms with Gasteiger partial charge in [0.25, 0.3) is 0 Å². The van der Waals surface area contributed by atoms with Crippen LogP contribution < -0.4 is 0 Å². The molecule has 0 bridgehead atoms. The van der Waals surface area contributed by atoms with Crippen LogP contribution in [0.4, 0.5) is 0 Å². The lowest BCUT2D eigenvalue weighted by atomic mass is 10.1. The average Bonchev–Trinajstić information content (AvgIpc) is 2.37. The second kappa shape index (κ2) is 16.5. The second-order valence-corrected chi connectivity index (χ2v) is 5.65. The lowest BCUT2D eigenvalue weighted by molar-refractivity contribution is -0.929. The molecule has 3 heteroatoms. The molecule has 0 aliphatic carbocycles. The zero-order chi connectivity index (χ0) is 13.0. The number of unbranched alkanes of at least 4 members (excludes halogenated alkanes) is 4. The Labute approximate surface area is 132 Å². The van der Waals surface area contributed by atoms with Crippen LogP contribution in [-0.2, 0) is 0 Å². The second-order valence-electron chi connectivity index (χ2n) is 5.65. The maximum atomic E-state index is 2.33. The van der Waals surface area contributed by atoms with Crippen molar-refractivity contribution in [2.24, 2.45) is 0 Å². The summed E-state index contributed by atoms with van der Waals surface area (Å²) in [6.45, 7) is 15.0. The highest BCUT2D eigenvalue weighted by atomic mass is 79.9. The third-order valence-electron chi connectivity index (χ3n) is 3.94. The minimum atomic E-state index is 0. The third kappa shape index (κ3) is 11.9. The largest absolute Gasteiger partial charge is 0.412 e. The van der Waals surface area contributed by atoms with E-state index >= 15 is 0 Å². The Hall–Kier alpha value is 0.400. The summed E-state index contributed by atoms with van der Waals surface area (Å²) in [5, 5.41) is 0. The zero-order valence-electron chi connectivity index (χ0n) is 13.8. The van der Waals surface area contributed by atoms with E-state index in [-0.39, 0.29) is 22.5 Å². The molecule has 0 aromatic heterocycles. The molecule has 2 N–H and O–H groups in total. The number of quaternary nitrogens is 1. The number of halogens is 1. The standard InChI is InChI=1S/C16H36N.BrH.H2O/c1-5-9-13-17(14-10-6-2,15-11-7-3)16-12-8-4;;/h5-16H2,1-4H3;1H;1H2/q+1;;. The van der Waals surface area contributed by atoms with Crippen molar-refractivity contribution in [3.8, 4) is 0 Å². The molecule has 19 heavy (non-hydrogen) atoms. The van der Waals surface area contributed by atoms with Crippen LogP contribution in [0.1, 0.15) is 79.1 Å². The molecule has 0 amide bonds. The molecule has 0 aromatic carbocycles. The molecule has 2 nitrogen and oxygen atoms in total. The minimum absolute atomic E-state index is 0. The van der Waals surface area contributed by atoms with Gasteiger partial charge in [-0.15, -0.1) is 17.0 Å². The van der Waals surface area contributed by atoms with Gasteiger partial charge in [0.2, 0.25) is 0 Å². The van der Waals surface area contributed by atoms with Crippen LogP contribution in [0.25, 0.3) is 0 Å². The van der Waals surface area contributed by atoms with Gasteiger partial charge < -0.3 is 9.96 Å². The highest BCUT2D eigenvalue weighted by Crippen LogP contribution is 2.16. The van der Waals surface area contributed by atoms with Crippen molar-refractivity contribution in [3.63, 3.8) is 0 Å². The van der Waals surface area contributed by atoms with Crippen LogP contribution in [-0.4, -0.2) is 36.1 Å². The zero-order valence-corrected chi connectivity index (χ0v) is 15.6. The molecule has 0 aromatic rings. The molecule has 0 unspecified atom stereocenters. The first kappa shape index (κ1) is 24.4. The van der Waals surface area contributed by atoms with Gasteiger partial charge in [0.05, 0.1) is 26.2 Å². The molecule has 0 saturated heterocycles. The van der Waals surface area contributed by atoms with Crippen LogP contribution >= 0.6 is 17.0 Å². The first-order chi connectivity index (χ1) is 8.24. The van der Waals surface area contributed by atoms with Crippen molar-refractivity contribution < 1.29 is 9.96 Å². The van der Waals surface area contributed by atoms with Crippen LogP contribution in [0.5, 0.6) is 0 Å². The predicted octanol–water partition coefficient (Wildman–Crippen LogP) is 4.76. The van der Waals surface area contributed by atoms with Gasteiger partial charge in [-0.1, -0.05) is 53.4 Å². The van der Waals surface area contributed by atoms with Gasteiger partial charge in [-0.3, -0.25) is 0 Å². The summed E-state index contributed by atoms with van der Waals surface area (Å²) in [5.41, 5.74) is 0. The van der Waals surface area contributed by atoms with E-state index in [4.69, 9.17) is 0 Å². The Kier molecular flexibility index (Phi) is 21.1. The normalized spacial score (nSPS) is 10.7. The first-order valence-corrected chi connectivity index (χ1v) is 8.09. The quantitative estimate of drug-likeness (QED) is 0.459. The Morgan fingerprint density at radius 1 is 0.526 bits per heavy atom. The molecule has 0 radical (unpaired) electrons. The summed E-state index contributed by atoms with van der Waals surface area (Å²) >= 11 is 0. The Morgan fingerprint density at radius 2 is 0.737 bits per heavy atom. The summed E-state index contributed by atoms with van der Waals surface area (Å²) in [6, 6.07) is 0. The maximum absolute atomic E-state index is 2.33. The molecule has 0 rings (SSSR count). The lowest BCUT2D eigenvalue weighted by Crippen LogP contribution is -2.50. The van der Waals surface area contributed by atoms with Crippen LogP contribution in [0.3, 0.4) is 0 Å².